The van der Waals surface area contributed by atoms with E-state index in [1.165, 1.54) is 0 Å². The Hall–Kier alpha value is -3.28. The first-order chi connectivity index (χ1) is 14.9. The SMILES string of the molecule is CCCC(=O)Oc1ccc2c(c1)C(=O)C1(C2)Cc2ccc(OC(=O)CCC)cc2C1=O. The van der Waals surface area contributed by atoms with Crippen LogP contribution in [0.1, 0.15) is 71.4 Å². The van der Waals surface area contributed by atoms with Crippen molar-refractivity contribution in [3.05, 3.63) is 58.7 Å². The Labute approximate surface area is 180 Å². The van der Waals surface area contributed by atoms with Crippen molar-refractivity contribution in [3.8, 4) is 11.5 Å². The maximum Gasteiger partial charge on any atom is 0.311 e. The van der Waals surface area contributed by atoms with Crippen molar-refractivity contribution in [2.24, 2.45) is 5.41 Å². The van der Waals surface area contributed by atoms with Crippen LogP contribution in [0.5, 0.6) is 11.5 Å². The second-order valence-corrected chi connectivity index (χ2v) is 8.18. The molecule has 0 radical (unpaired) electrons. The summed E-state index contributed by atoms with van der Waals surface area (Å²) in [6.45, 7) is 3.77. The van der Waals surface area contributed by atoms with Crippen molar-refractivity contribution in [1.82, 2.24) is 0 Å². The van der Waals surface area contributed by atoms with E-state index in [0.717, 1.165) is 11.1 Å². The van der Waals surface area contributed by atoms with E-state index < -0.39 is 5.41 Å². The standard InChI is InChI=1S/C25H24O6/c1-3-5-21(26)30-17-9-7-15-13-25(23(28)19(15)11-17)14-16-8-10-18(12-20(16)24(25)29)31-22(27)6-4-2/h7-12H,3-6,13-14H2,1-2H3. The molecule has 0 aromatic heterocycles. The first-order valence-corrected chi connectivity index (χ1v) is 10.6. The van der Waals surface area contributed by atoms with Gasteiger partial charge in [0.15, 0.2) is 11.6 Å². The third-order valence-corrected chi connectivity index (χ3v) is 5.88. The van der Waals surface area contributed by atoms with Crippen LogP contribution in [0.2, 0.25) is 0 Å². The van der Waals surface area contributed by atoms with Gasteiger partial charge in [-0.25, -0.2) is 0 Å². The lowest BCUT2D eigenvalue weighted by Gasteiger charge is -2.18. The molecule has 0 saturated heterocycles. The molecule has 2 aromatic rings. The minimum atomic E-state index is -1.18. The zero-order valence-corrected chi connectivity index (χ0v) is 17.7. The van der Waals surface area contributed by atoms with Crippen LogP contribution in [0.15, 0.2) is 36.4 Å². The molecule has 31 heavy (non-hydrogen) atoms. The van der Waals surface area contributed by atoms with Gasteiger partial charge in [0, 0.05) is 24.0 Å². The van der Waals surface area contributed by atoms with Crippen molar-refractivity contribution in [3.63, 3.8) is 0 Å². The highest BCUT2D eigenvalue weighted by Gasteiger charge is 2.55. The normalized spacial score (nSPS) is 15.7. The van der Waals surface area contributed by atoms with Gasteiger partial charge in [-0.1, -0.05) is 26.0 Å². The van der Waals surface area contributed by atoms with Crippen LogP contribution in [-0.2, 0) is 22.4 Å². The van der Waals surface area contributed by atoms with Crippen LogP contribution in [0, 0.1) is 5.41 Å². The summed E-state index contributed by atoms with van der Waals surface area (Å²) >= 11 is 0. The number of rotatable bonds is 6. The Kier molecular flexibility index (Phi) is 5.48. The molecule has 0 aliphatic heterocycles. The van der Waals surface area contributed by atoms with Gasteiger partial charge in [-0.2, -0.15) is 0 Å². The van der Waals surface area contributed by atoms with Gasteiger partial charge >= 0.3 is 11.9 Å². The summed E-state index contributed by atoms with van der Waals surface area (Å²) in [4.78, 5) is 50.3. The predicted octanol–water partition coefficient (Wildman–Crippen LogP) is 4.26. The molecule has 0 saturated carbocycles. The molecule has 6 nitrogen and oxygen atoms in total. The van der Waals surface area contributed by atoms with Crippen LogP contribution in [0.3, 0.4) is 0 Å². The molecular formula is C25H24O6. The summed E-state index contributed by atoms with van der Waals surface area (Å²) in [5.74, 6) is -0.566. The van der Waals surface area contributed by atoms with Crippen molar-refractivity contribution in [2.45, 2.75) is 52.4 Å². The highest BCUT2D eigenvalue weighted by Crippen LogP contribution is 2.48. The Morgan fingerprint density at radius 2 is 1.19 bits per heavy atom. The molecule has 1 spiro atoms. The lowest BCUT2D eigenvalue weighted by Crippen LogP contribution is -2.34. The summed E-state index contributed by atoms with van der Waals surface area (Å²) in [5.41, 5.74) is 1.23. The fourth-order valence-electron chi connectivity index (χ4n) is 4.39. The Morgan fingerprint density at radius 3 is 1.58 bits per heavy atom. The summed E-state index contributed by atoms with van der Waals surface area (Å²) < 4.78 is 10.6. The Balaban J connectivity index is 1.59. The number of ether oxygens (including phenoxy) is 2. The lowest BCUT2D eigenvalue weighted by atomic mass is 9.80. The molecule has 0 N–H and O–H groups in total. The molecule has 0 unspecified atom stereocenters. The van der Waals surface area contributed by atoms with Gasteiger partial charge in [0.25, 0.3) is 0 Å². The second-order valence-electron chi connectivity index (χ2n) is 8.18. The molecule has 2 aliphatic rings. The predicted molar refractivity (Wildman–Crippen MR) is 112 cm³/mol. The van der Waals surface area contributed by atoms with Crippen molar-refractivity contribution < 1.29 is 28.7 Å². The molecule has 0 amide bonds. The quantitative estimate of drug-likeness (QED) is 0.394. The van der Waals surface area contributed by atoms with Gasteiger partial charge in [0.05, 0.1) is 0 Å². The fraction of sp³-hybridized carbons (Fsp3) is 0.360. The largest absolute Gasteiger partial charge is 0.427 e. The topological polar surface area (TPSA) is 86.7 Å². The fourth-order valence-corrected chi connectivity index (χ4v) is 4.39. The van der Waals surface area contributed by atoms with E-state index in [1.807, 2.05) is 13.8 Å². The van der Waals surface area contributed by atoms with Crippen LogP contribution < -0.4 is 9.47 Å². The van der Waals surface area contributed by atoms with Crippen LogP contribution >= 0.6 is 0 Å². The average Bonchev–Trinajstić information content (AvgIpc) is 3.17. The second kappa shape index (κ2) is 8.10. The van der Waals surface area contributed by atoms with Crippen LogP contribution in [0.25, 0.3) is 0 Å². The van der Waals surface area contributed by atoms with E-state index in [9.17, 15) is 19.2 Å². The molecule has 2 aliphatic carbocycles. The third-order valence-electron chi connectivity index (χ3n) is 5.88. The minimum absolute atomic E-state index is 0.249. The van der Waals surface area contributed by atoms with E-state index in [1.54, 1.807) is 36.4 Å². The zero-order chi connectivity index (χ0) is 22.2. The molecule has 160 valence electrons. The third kappa shape index (κ3) is 3.67. The lowest BCUT2D eigenvalue weighted by molar-refractivity contribution is -0.135. The van der Waals surface area contributed by atoms with Crippen molar-refractivity contribution in [2.75, 3.05) is 0 Å². The Bertz CT molecular complexity index is 1010. The van der Waals surface area contributed by atoms with Gasteiger partial charge in [0.2, 0.25) is 0 Å². The van der Waals surface area contributed by atoms with E-state index in [-0.39, 0.29) is 23.5 Å². The number of carbonyl (C=O) groups is 4. The number of carbonyl (C=O) groups excluding carboxylic acids is 4. The molecule has 4 rings (SSSR count). The number of esters is 2. The maximum atomic E-state index is 13.4. The summed E-state index contributed by atoms with van der Waals surface area (Å²) in [6, 6.07) is 9.96. The highest BCUT2D eigenvalue weighted by atomic mass is 16.5. The molecule has 0 fully saturated rings. The van der Waals surface area contributed by atoms with Crippen LogP contribution in [-0.4, -0.2) is 23.5 Å². The summed E-state index contributed by atoms with van der Waals surface area (Å²) in [7, 11) is 0. The average molecular weight is 420 g/mol. The molecule has 0 bridgehead atoms. The van der Waals surface area contributed by atoms with E-state index in [0.29, 0.717) is 61.2 Å². The maximum absolute atomic E-state index is 13.4. The molecule has 2 aromatic carbocycles. The number of hydrogen-bond donors (Lipinski definition) is 0. The molecule has 6 heteroatoms. The zero-order valence-electron chi connectivity index (χ0n) is 17.7. The number of hydrogen-bond acceptors (Lipinski definition) is 6. The van der Waals surface area contributed by atoms with E-state index in [2.05, 4.69) is 0 Å². The number of fused-ring (bicyclic) bond motifs is 2. The molecule has 0 heterocycles. The van der Waals surface area contributed by atoms with Gasteiger partial charge in [-0.15, -0.1) is 0 Å². The number of benzene rings is 2. The Morgan fingerprint density at radius 1 is 0.774 bits per heavy atom. The van der Waals surface area contributed by atoms with Gasteiger partial charge in [0.1, 0.15) is 16.9 Å². The molecule has 0 atom stereocenters. The van der Waals surface area contributed by atoms with Gasteiger partial charge < -0.3 is 9.47 Å². The van der Waals surface area contributed by atoms with E-state index >= 15 is 0 Å². The minimum Gasteiger partial charge on any atom is -0.427 e. The van der Waals surface area contributed by atoms with Crippen LogP contribution in [0.4, 0.5) is 0 Å². The van der Waals surface area contributed by atoms with Crippen molar-refractivity contribution in [1.29, 1.82) is 0 Å². The highest BCUT2D eigenvalue weighted by molar-refractivity contribution is 6.25. The smallest absolute Gasteiger partial charge is 0.311 e. The first-order valence-electron chi connectivity index (χ1n) is 10.6. The van der Waals surface area contributed by atoms with Gasteiger partial charge in [-0.3, -0.25) is 19.2 Å². The number of Topliss-reactive ketones (excluding diaryl/α,β-unsaturated/α-hetero) is 2. The summed E-state index contributed by atoms with van der Waals surface area (Å²) in [6.07, 6.45) is 2.57. The monoisotopic (exact) mass is 420 g/mol. The van der Waals surface area contributed by atoms with E-state index in [4.69, 9.17) is 9.47 Å². The number of ketones is 2. The van der Waals surface area contributed by atoms with Crippen molar-refractivity contribution >= 4 is 23.5 Å². The summed E-state index contributed by atoms with van der Waals surface area (Å²) in [5, 5.41) is 0. The molecular weight excluding hydrogens is 396 g/mol. The first kappa shape index (κ1) is 21.0. The van der Waals surface area contributed by atoms with Gasteiger partial charge in [-0.05, 0) is 61.1 Å².